The van der Waals surface area contributed by atoms with Crippen molar-refractivity contribution in [2.24, 2.45) is 0 Å². The first-order valence-electron chi connectivity index (χ1n) is 5.54. The number of thiol groups is 1. The molecule has 17 heavy (non-hydrogen) atoms. The van der Waals surface area contributed by atoms with Crippen molar-refractivity contribution in [2.45, 2.75) is 0 Å². The van der Waals surface area contributed by atoms with Gasteiger partial charge in [-0.3, -0.25) is 0 Å². The van der Waals surface area contributed by atoms with Gasteiger partial charge in [-0.1, -0.05) is 48.5 Å². The third-order valence-corrected chi connectivity index (χ3v) is 3.06. The normalized spacial score (nSPS) is 10.9. The summed E-state index contributed by atoms with van der Waals surface area (Å²) < 4.78 is 5.70. The van der Waals surface area contributed by atoms with Crippen molar-refractivity contribution in [3.63, 3.8) is 0 Å². The lowest BCUT2D eigenvalue weighted by atomic mass is 10.0. The van der Waals surface area contributed by atoms with Crippen molar-refractivity contribution >= 4 is 34.2 Å². The van der Waals surface area contributed by atoms with Crippen LogP contribution in [-0.4, -0.2) is 5.94 Å². The maximum absolute atomic E-state index is 5.70. The molecular formula is C15H12OS. The zero-order valence-electron chi connectivity index (χ0n) is 9.26. The molecule has 0 spiro atoms. The van der Waals surface area contributed by atoms with Crippen LogP contribution in [0.3, 0.4) is 0 Å². The molecule has 0 radical (unpaired) electrons. The summed E-state index contributed by atoms with van der Waals surface area (Å²) in [6.45, 7) is 0. The van der Waals surface area contributed by atoms with Crippen LogP contribution in [0.5, 0.6) is 5.75 Å². The van der Waals surface area contributed by atoms with Crippen LogP contribution in [-0.2, 0) is 0 Å². The lowest BCUT2D eigenvalue weighted by molar-refractivity contribution is 0.404. The van der Waals surface area contributed by atoms with Crippen molar-refractivity contribution in [1.29, 1.82) is 0 Å². The molecule has 3 aromatic carbocycles. The molecule has 1 nitrogen and oxygen atoms in total. The molecule has 0 aliphatic heterocycles. The highest BCUT2D eigenvalue weighted by Gasteiger charge is 2.07. The monoisotopic (exact) mass is 240 g/mol. The van der Waals surface area contributed by atoms with Crippen LogP contribution >= 0.6 is 12.6 Å². The summed E-state index contributed by atoms with van der Waals surface area (Å²) in [4.78, 5) is 0. The number of rotatable bonds is 2. The van der Waals surface area contributed by atoms with Crippen molar-refractivity contribution in [1.82, 2.24) is 0 Å². The second kappa shape index (κ2) is 4.30. The van der Waals surface area contributed by atoms with Gasteiger partial charge in [-0.15, -0.1) is 12.6 Å². The topological polar surface area (TPSA) is 9.23 Å². The van der Waals surface area contributed by atoms with E-state index in [-0.39, 0.29) is 0 Å². The maximum Gasteiger partial charge on any atom is 0.136 e. The van der Waals surface area contributed by atoms with E-state index in [9.17, 15) is 0 Å². The van der Waals surface area contributed by atoms with Gasteiger partial charge in [0.1, 0.15) is 11.7 Å². The molecule has 3 aromatic rings. The third-order valence-electron chi connectivity index (χ3n) is 2.93. The Labute approximate surface area is 105 Å². The van der Waals surface area contributed by atoms with Crippen LogP contribution in [0.15, 0.2) is 54.6 Å². The number of ether oxygens (including phenoxy) is 1. The van der Waals surface area contributed by atoms with Gasteiger partial charge in [0.05, 0.1) is 0 Å². The van der Waals surface area contributed by atoms with Crippen LogP contribution in [0.2, 0.25) is 0 Å². The Kier molecular flexibility index (Phi) is 2.65. The van der Waals surface area contributed by atoms with Crippen molar-refractivity contribution in [3.8, 4) is 5.75 Å². The molecule has 0 aliphatic rings. The van der Waals surface area contributed by atoms with E-state index >= 15 is 0 Å². The summed E-state index contributed by atoms with van der Waals surface area (Å²) >= 11 is 4.16. The Bertz CT molecular complexity index is 622. The van der Waals surface area contributed by atoms with Gasteiger partial charge >= 0.3 is 0 Å². The van der Waals surface area contributed by atoms with Gasteiger partial charge in [0.15, 0.2) is 0 Å². The van der Waals surface area contributed by atoms with Gasteiger partial charge in [-0.25, -0.2) is 0 Å². The first kappa shape index (κ1) is 10.5. The summed E-state index contributed by atoms with van der Waals surface area (Å²) in [7, 11) is 0. The molecule has 0 N–H and O–H groups in total. The lowest BCUT2D eigenvalue weighted by Gasteiger charge is -2.11. The summed E-state index contributed by atoms with van der Waals surface area (Å²) in [5.74, 6) is 1.31. The Balaban J connectivity index is 2.47. The summed E-state index contributed by atoms with van der Waals surface area (Å²) in [5.41, 5.74) is 0. The van der Waals surface area contributed by atoms with Gasteiger partial charge in [0.25, 0.3) is 0 Å². The van der Waals surface area contributed by atoms with Gasteiger partial charge in [-0.2, -0.15) is 0 Å². The molecule has 0 aliphatic carbocycles. The van der Waals surface area contributed by atoms with Gasteiger partial charge < -0.3 is 4.74 Å². The molecule has 0 bridgehead atoms. The minimum Gasteiger partial charge on any atom is -0.482 e. The molecule has 2 heteroatoms. The molecule has 0 unspecified atom stereocenters. The molecule has 0 amide bonds. The van der Waals surface area contributed by atoms with Crippen molar-refractivity contribution < 1.29 is 4.74 Å². The van der Waals surface area contributed by atoms with E-state index in [1.807, 2.05) is 24.3 Å². The number of benzene rings is 3. The van der Waals surface area contributed by atoms with Crippen LogP contribution < -0.4 is 4.74 Å². The molecule has 0 aromatic heterocycles. The largest absolute Gasteiger partial charge is 0.482 e. The van der Waals surface area contributed by atoms with E-state index in [2.05, 4.69) is 43.0 Å². The zero-order chi connectivity index (χ0) is 11.7. The fraction of sp³-hybridized carbons (Fsp3) is 0.0667. The highest BCUT2D eigenvalue weighted by atomic mass is 32.1. The molecule has 0 heterocycles. The fourth-order valence-corrected chi connectivity index (χ4v) is 2.32. The minimum absolute atomic E-state index is 0.387. The maximum atomic E-state index is 5.70. The van der Waals surface area contributed by atoms with Crippen LogP contribution in [0.1, 0.15) is 0 Å². The van der Waals surface area contributed by atoms with Crippen LogP contribution in [0.25, 0.3) is 21.5 Å². The Morgan fingerprint density at radius 2 is 1.35 bits per heavy atom. The van der Waals surface area contributed by atoms with E-state index in [4.69, 9.17) is 4.74 Å². The first-order valence-corrected chi connectivity index (χ1v) is 6.17. The molecule has 84 valence electrons. The molecule has 0 saturated heterocycles. The van der Waals surface area contributed by atoms with Crippen LogP contribution in [0.4, 0.5) is 0 Å². The quantitative estimate of drug-likeness (QED) is 0.400. The summed E-state index contributed by atoms with van der Waals surface area (Å²) in [6, 6.07) is 18.7. The van der Waals surface area contributed by atoms with E-state index in [0.717, 1.165) is 16.5 Å². The van der Waals surface area contributed by atoms with Gasteiger partial charge in [0, 0.05) is 10.8 Å². The first-order chi connectivity index (χ1) is 8.40. The second-order valence-corrected chi connectivity index (χ2v) is 4.18. The standard InChI is InChI=1S/C15H12OS/c17-10-16-15-13-7-3-1-5-11(13)9-12-6-2-4-8-14(12)15/h1-9,17H,10H2. The predicted octanol–water partition coefficient (Wildman–Crippen LogP) is 4.26. The van der Waals surface area contributed by atoms with E-state index in [1.54, 1.807) is 0 Å². The highest BCUT2D eigenvalue weighted by Crippen LogP contribution is 2.34. The van der Waals surface area contributed by atoms with E-state index in [1.165, 1.54) is 10.8 Å². The number of hydrogen-bond donors (Lipinski definition) is 1. The Morgan fingerprint density at radius 1 is 0.824 bits per heavy atom. The van der Waals surface area contributed by atoms with Crippen LogP contribution in [0, 0.1) is 0 Å². The highest BCUT2D eigenvalue weighted by molar-refractivity contribution is 7.80. The Hall–Kier alpha value is -1.67. The summed E-state index contributed by atoms with van der Waals surface area (Å²) in [6.07, 6.45) is 0. The average molecular weight is 240 g/mol. The molecule has 3 rings (SSSR count). The van der Waals surface area contributed by atoms with E-state index in [0.29, 0.717) is 5.94 Å². The molecule has 0 fully saturated rings. The number of hydrogen-bond acceptors (Lipinski definition) is 2. The lowest BCUT2D eigenvalue weighted by Crippen LogP contribution is -1.92. The minimum atomic E-state index is 0.387. The smallest absolute Gasteiger partial charge is 0.136 e. The van der Waals surface area contributed by atoms with Crippen molar-refractivity contribution in [2.75, 3.05) is 5.94 Å². The zero-order valence-corrected chi connectivity index (χ0v) is 10.2. The van der Waals surface area contributed by atoms with Gasteiger partial charge in [-0.05, 0) is 16.8 Å². The predicted molar refractivity (Wildman–Crippen MR) is 75.9 cm³/mol. The Morgan fingerprint density at radius 3 is 1.88 bits per heavy atom. The van der Waals surface area contributed by atoms with Crippen molar-refractivity contribution in [3.05, 3.63) is 54.6 Å². The van der Waals surface area contributed by atoms with E-state index < -0.39 is 0 Å². The fourth-order valence-electron chi connectivity index (χ4n) is 2.19. The molecule has 0 saturated carbocycles. The third kappa shape index (κ3) is 1.75. The second-order valence-electron chi connectivity index (χ2n) is 3.92. The molecular weight excluding hydrogens is 228 g/mol. The van der Waals surface area contributed by atoms with Gasteiger partial charge in [0.2, 0.25) is 0 Å². The molecule has 0 atom stereocenters. The number of fused-ring (bicyclic) bond motifs is 2. The average Bonchev–Trinajstić information content (AvgIpc) is 2.39. The SMILES string of the molecule is SCOc1c2ccccc2cc2ccccc12. The summed E-state index contributed by atoms with van der Waals surface area (Å²) in [5, 5.41) is 4.67.